The number of hydrogen-bond donors (Lipinski definition) is 2. The molecule has 0 aliphatic rings. The number of hydrogen-bond acceptors (Lipinski definition) is 3. The van der Waals surface area contributed by atoms with Gasteiger partial charge in [-0.2, -0.15) is 0 Å². The monoisotopic (exact) mass is 321 g/mol. The average Bonchev–Trinajstić information content (AvgIpc) is 2.39. The SMILES string of the molecule is Nc1ccccc1C(O)COCc1cccc(Br)c1. The summed E-state index contributed by atoms with van der Waals surface area (Å²) in [6.45, 7) is 0.684. The zero-order valence-corrected chi connectivity index (χ0v) is 12.0. The molecule has 0 aliphatic carbocycles. The molecule has 3 nitrogen and oxygen atoms in total. The molecule has 2 rings (SSSR count). The Kier molecular flexibility index (Phi) is 4.96. The van der Waals surface area contributed by atoms with Crippen molar-refractivity contribution in [3.63, 3.8) is 0 Å². The summed E-state index contributed by atoms with van der Waals surface area (Å²) in [6.07, 6.45) is -0.701. The van der Waals surface area contributed by atoms with E-state index < -0.39 is 6.10 Å². The summed E-state index contributed by atoms with van der Waals surface area (Å²) in [5.74, 6) is 0. The van der Waals surface area contributed by atoms with E-state index in [1.54, 1.807) is 6.07 Å². The van der Waals surface area contributed by atoms with Gasteiger partial charge in [-0.25, -0.2) is 0 Å². The van der Waals surface area contributed by atoms with Gasteiger partial charge in [-0.15, -0.1) is 0 Å². The van der Waals surface area contributed by atoms with Gasteiger partial charge < -0.3 is 15.6 Å². The lowest BCUT2D eigenvalue weighted by Crippen LogP contribution is -2.09. The van der Waals surface area contributed by atoms with Gasteiger partial charge in [-0.3, -0.25) is 0 Å². The smallest absolute Gasteiger partial charge is 0.104 e. The molecule has 4 heteroatoms. The van der Waals surface area contributed by atoms with Crippen molar-refractivity contribution < 1.29 is 9.84 Å². The maximum Gasteiger partial charge on any atom is 0.104 e. The minimum Gasteiger partial charge on any atom is -0.398 e. The quantitative estimate of drug-likeness (QED) is 0.831. The molecule has 0 bridgehead atoms. The van der Waals surface area contributed by atoms with Gasteiger partial charge in [0.1, 0.15) is 6.10 Å². The molecule has 2 aromatic carbocycles. The van der Waals surface area contributed by atoms with E-state index in [9.17, 15) is 5.11 Å². The minimum atomic E-state index is -0.701. The Labute approximate surface area is 121 Å². The van der Waals surface area contributed by atoms with Crippen LogP contribution in [0.3, 0.4) is 0 Å². The van der Waals surface area contributed by atoms with Gasteiger partial charge in [0.05, 0.1) is 13.2 Å². The molecule has 1 atom stereocenters. The number of benzene rings is 2. The van der Waals surface area contributed by atoms with Crippen molar-refractivity contribution in [1.29, 1.82) is 0 Å². The van der Waals surface area contributed by atoms with Crippen molar-refractivity contribution in [2.24, 2.45) is 0 Å². The number of aliphatic hydroxyl groups is 1. The third-order valence-electron chi connectivity index (χ3n) is 2.79. The molecule has 2 aromatic rings. The fourth-order valence-electron chi connectivity index (χ4n) is 1.82. The van der Waals surface area contributed by atoms with Crippen LogP contribution in [0.5, 0.6) is 0 Å². The number of ether oxygens (including phenoxy) is 1. The molecule has 1 unspecified atom stereocenters. The number of nitrogens with two attached hydrogens (primary N) is 1. The van der Waals surface area contributed by atoms with Crippen molar-refractivity contribution in [1.82, 2.24) is 0 Å². The number of nitrogen functional groups attached to an aromatic ring is 1. The normalized spacial score (nSPS) is 12.3. The molecular weight excluding hydrogens is 306 g/mol. The van der Waals surface area contributed by atoms with Crippen molar-refractivity contribution >= 4 is 21.6 Å². The van der Waals surface area contributed by atoms with Crippen LogP contribution < -0.4 is 5.73 Å². The van der Waals surface area contributed by atoms with Crippen LogP contribution in [0.2, 0.25) is 0 Å². The van der Waals surface area contributed by atoms with Gasteiger partial charge in [0.2, 0.25) is 0 Å². The van der Waals surface area contributed by atoms with E-state index >= 15 is 0 Å². The number of aliphatic hydroxyl groups excluding tert-OH is 1. The second kappa shape index (κ2) is 6.70. The molecule has 0 spiro atoms. The van der Waals surface area contributed by atoms with Crippen molar-refractivity contribution in [2.45, 2.75) is 12.7 Å². The molecular formula is C15H16BrNO2. The molecule has 3 N–H and O–H groups in total. The topological polar surface area (TPSA) is 55.5 Å². The fraction of sp³-hybridized carbons (Fsp3) is 0.200. The van der Waals surface area contributed by atoms with Crippen molar-refractivity contribution in [3.05, 3.63) is 64.1 Å². The highest BCUT2D eigenvalue weighted by atomic mass is 79.9. The Balaban J connectivity index is 1.88. The minimum absolute atomic E-state index is 0.223. The zero-order valence-electron chi connectivity index (χ0n) is 10.4. The largest absolute Gasteiger partial charge is 0.398 e. The second-order valence-corrected chi connectivity index (χ2v) is 5.21. The number of anilines is 1. The Hall–Kier alpha value is -1.36. The van der Waals surface area contributed by atoms with Crippen LogP contribution in [0, 0.1) is 0 Å². The first-order valence-corrected chi connectivity index (χ1v) is 6.81. The van der Waals surface area contributed by atoms with Gasteiger partial charge in [-0.1, -0.05) is 46.3 Å². The van der Waals surface area contributed by atoms with Crippen LogP contribution in [0.1, 0.15) is 17.2 Å². The molecule has 0 saturated carbocycles. The molecule has 19 heavy (non-hydrogen) atoms. The third kappa shape index (κ3) is 4.06. The second-order valence-electron chi connectivity index (χ2n) is 4.29. The van der Waals surface area contributed by atoms with E-state index in [1.807, 2.05) is 42.5 Å². The Morgan fingerprint density at radius 3 is 2.68 bits per heavy atom. The first-order chi connectivity index (χ1) is 9.16. The van der Waals surface area contributed by atoms with E-state index in [0.717, 1.165) is 10.0 Å². The molecule has 0 aliphatic heterocycles. The van der Waals surface area contributed by atoms with Gasteiger partial charge in [0, 0.05) is 15.7 Å². The van der Waals surface area contributed by atoms with Crippen LogP contribution in [0.15, 0.2) is 53.0 Å². The lowest BCUT2D eigenvalue weighted by Gasteiger charge is -2.13. The average molecular weight is 322 g/mol. The number of halogens is 1. The standard InChI is InChI=1S/C15H16BrNO2/c16-12-5-3-4-11(8-12)9-19-10-15(18)13-6-1-2-7-14(13)17/h1-8,15,18H,9-10,17H2. The highest BCUT2D eigenvalue weighted by molar-refractivity contribution is 9.10. The van der Waals surface area contributed by atoms with Crippen LogP contribution in [-0.4, -0.2) is 11.7 Å². The van der Waals surface area contributed by atoms with Gasteiger partial charge in [-0.05, 0) is 23.8 Å². The van der Waals surface area contributed by atoms with Crippen molar-refractivity contribution in [2.75, 3.05) is 12.3 Å². The van der Waals surface area contributed by atoms with Gasteiger partial charge in [0.25, 0.3) is 0 Å². The molecule has 0 radical (unpaired) electrons. The summed E-state index contributed by atoms with van der Waals surface area (Å²) in [5, 5.41) is 10.0. The lowest BCUT2D eigenvalue weighted by molar-refractivity contribution is 0.0280. The first-order valence-electron chi connectivity index (χ1n) is 6.01. The highest BCUT2D eigenvalue weighted by Crippen LogP contribution is 2.20. The van der Waals surface area contributed by atoms with Crippen LogP contribution in [0.4, 0.5) is 5.69 Å². The van der Waals surface area contributed by atoms with Crippen LogP contribution in [-0.2, 0) is 11.3 Å². The summed E-state index contributed by atoms with van der Waals surface area (Å²) in [7, 11) is 0. The van der Waals surface area contributed by atoms with Gasteiger partial charge >= 0.3 is 0 Å². The van der Waals surface area contributed by atoms with Crippen LogP contribution in [0.25, 0.3) is 0 Å². The predicted molar refractivity (Wildman–Crippen MR) is 79.6 cm³/mol. The summed E-state index contributed by atoms with van der Waals surface area (Å²) in [6, 6.07) is 15.2. The molecule has 0 heterocycles. The van der Waals surface area contributed by atoms with E-state index in [2.05, 4.69) is 15.9 Å². The van der Waals surface area contributed by atoms with E-state index in [4.69, 9.17) is 10.5 Å². The van der Waals surface area contributed by atoms with E-state index in [-0.39, 0.29) is 6.61 Å². The lowest BCUT2D eigenvalue weighted by atomic mass is 10.1. The summed E-state index contributed by atoms with van der Waals surface area (Å²) in [5.41, 5.74) is 8.15. The fourth-order valence-corrected chi connectivity index (χ4v) is 2.27. The molecule has 0 saturated heterocycles. The molecule has 0 fully saturated rings. The zero-order chi connectivity index (χ0) is 13.7. The van der Waals surface area contributed by atoms with Crippen molar-refractivity contribution in [3.8, 4) is 0 Å². The summed E-state index contributed by atoms with van der Waals surface area (Å²) < 4.78 is 6.53. The van der Waals surface area contributed by atoms with Crippen LogP contribution >= 0.6 is 15.9 Å². The molecule has 0 amide bonds. The Morgan fingerprint density at radius 1 is 1.16 bits per heavy atom. The highest BCUT2D eigenvalue weighted by Gasteiger charge is 2.10. The first kappa shape index (κ1) is 14.1. The number of rotatable bonds is 5. The predicted octanol–water partition coefficient (Wildman–Crippen LogP) is 3.28. The van der Waals surface area contributed by atoms with Gasteiger partial charge in [0.15, 0.2) is 0 Å². The maximum atomic E-state index is 10.0. The summed E-state index contributed by atoms with van der Waals surface area (Å²) >= 11 is 3.41. The maximum absolute atomic E-state index is 10.0. The summed E-state index contributed by atoms with van der Waals surface area (Å²) in [4.78, 5) is 0. The Bertz CT molecular complexity index is 545. The van der Waals surface area contributed by atoms with E-state index in [1.165, 1.54) is 0 Å². The molecule has 100 valence electrons. The molecule has 0 aromatic heterocycles. The van der Waals surface area contributed by atoms with E-state index in [0.29, 0.717) is 17.9 Å². The number of para-hydroxylation sites is 1. The Morgan fingerprint density at radius 2 is 1.95 bits per heavy atom. The third-order valence-corrected chi connectivity index (χ3v) is 3.28.